The lowest BCUT2D eigenvalue weighted by Gasteiger charge is -2.25. The van der Waals surface area contributed by atoms with Crippen LogP contribution in [0.2, 0.25) is 0 Å². The van der Waals surface area contributed by atoms with Gasteiger partial charge in [0.05, 0.1) is 6.67 Å². The lowest BCUT2D eigenvalue weighted by molar-refractivity contribution is 0.209. The summed E-state index contributed by atoms with van der Waals surface area (Å²) in [6.07, 6.45) is 3.90. The highest BCUT2D eigenvalue weighted by Crippen LogP contribution is 1.99. The van der Waals surface area contributed by atoms with E-state index >= 15 is 0 Å². The van der Waals surface area contributed by atoms with Gasteiger partial charge in [0.2, 0.25) is 0 Å². The molecule has 1 saturated heterocycles. The van der Waals surface area contributed by atoms with Crippen molar-refractivity contribution >= 4 is 0 Å². The van der Waals surface area contributed by atoms with Crippen molar-refractivity contribution < 1.29 is 0 Å². The molecule has 2 heteroatoms. The summed E-state index contributed by atoms with van der Waals surface area (Å²) in [6.45, 7) is 6.83. The van der Waals surface area contributed by atoms with Crippen molar-refractivity contribution in [3.05, 3.63) is 0 Å². The van der Waals surface area contributed by atoms with Crippen LogP contribution < -0.4 is 5.32 Å². The molecule has 59 valence electrons. The van der Waals surface area contributed by atoms with Gasteiger partial charge in [0.25, 0.3) is 0 Å². The van der Waals surface area contributed by atoms with Crippen molar-refractivity contribution in [2.75, 3.05) is 26.3 Å². The van der Waals surface area contributed by atoms with Crippen molar-refractivity contribution in [2.45, 2.75) is 26.2 Å². The number of nitrogens with zero attached hydrogens (tertiary/aromatic N) is 2. The van der Waals surface area contributed by atoms with Gasteiger partial charge in [-0.1, -0.05) is 13.3 Å². The summed E-state index contributed by atoms with van der Waals surface area (Å²) in [5.41, 5.74) is 0. The van der Waals surface area contributed by atoms with Crippen molar-refractivity contribution in [1.29, 1.82) is 0 Å². The zero-order valence-corrected chi connectivity index (χ0v) is 6.84. The van der Waals surface area contributed by atoms with Gasteiger partial charge in [0.1, 0.15) is 0 Å². The van der Waals surface area contributed by atoms with E-state index in [9.17, 15) is 0 Å². The molecule has 0 saturated carbocycles. The van der Waals surface area contributed by atoms with Gasteiger partial charge in [-0.15, -0.1) is 0 Å². The van der Waals surface area contributed by atoms with E-state index in [0.717, 1.165) is 13.2 Å². The van der Waals surface area contributed by atoms with Crippen LogP contribution in [0.15, 0.2) is 0 Å². The highest BCUT2D eigenvalue weighted by atomic mass is 15.2. The second-order valence-electron chi connectivity index (χ2n) is 2.91. The van der Waals surface area contributed by atoms with Gasteiger partial charge in [-0.25, -0.2) is 5.32 Å². The molecule has 0 aromatic rings. The molecule has 0 aliphatic carbocycles. The Kier molecular flexibility index (Phi) is 3.76. The molecular weight excluding hydrogens is 124 g/mol. The van der Waals surface area contributed by atoms with Crippen molar-refractivity contribution in [2.24, 2.45) is 0 Å². The molecule has 1 aliphatic rings. The monoisotopic (exact) mass is 141 g/mol. The number of hydrogen-bond donors (Lipinski definition) is 0. The average molecular weight is 141 g/mol. The van der Waals surface area contributed by atoms with E-state index < -0.39 is 0 Å². The highest BCUT2D eigenvalue weighted by Gasteiger charge is 2.07. The fraction of sp³-hybridized carbons (Fsp3) is 1.00. The smallest absolute Gasteiger partial charge is 0.0648 e. The van der Waals surface area contributed by atoms with Crippen LogP contribution in [-0.2, 0) is 0 Å². The summed E-state index contributed by atoms with van der Waals surface area (Å²) in [6, 6.07) is 0. The lowest BCUT2D eigenvalue weighted by atomic mass is 10.3. The Hall–Kier alpha value is -0.0800. The van der Waals surface area contributed by atoms with Crippen LogP contribution in [0.5, 0.6) is 0 Å². The van der Waals surface area contributed by atoms with E-state index in [0.29, 0.717) is 0 Å². The predicted molar refractivity (Wildman–Crippen MR) is 43.0 cm³/mol. The van der Waals surface area contributed by atoms with E-state index in [2.05, 4.69) is 17.1 Å². The van der Waals surface area contributed by atoms with Crippen molar-refractivity contribution in [3.8, 4) is 0 Å². The van der Waals surface area contributed by atoms with Crippen molar-refractivity contribution in [1.82, 2.24) is 10.2 Å². The van der Waals surface area contributed by atoms with Gasteiger partial charge in [-0.2, -0.15) is 0 Å². The molecule has 0 bridgehead atoms. The van der Waals surface area contributed by atoms with Crippen LogP contribution in [0.3, 0.4) is 0 Å². The largest absolute Gasteiger partial charge is 0.289 e. The molecule has 2 nitrogen and oxygen atoms in total. The molecular formula is C8H17N2. The molecule has 0 aromatic carbocycles. The van der Waals surface area contributed by atoms with E-state index in [1.807, 2.05) is 0 Å². The Morgan fingerprint density at radius 1 is 1.50 bits per heavy atom. The van der Waals surface area contributed by atoms with E-state index in [-0.39, 0.29) is 0 Å². The Balaban J connectivity index is 2.02. The molecule has 1 fully saturated rings. The van der Waals surface area contributed by atoms with Gasteiger partial charge in [-0.3, -0.25) is 4.90 Å². The molecule has 1 aliphatic heterocycles. The first kappa shape index (κ1) is 8.02. The van der Waals surface area contributed by atoms with Gasteiger partial charge >= 0.3 is 0 Å². The average Bonchev–Trinajstić information content (AvgIpc) is 2.03. The summed E-state index contributed by atoms with van der Waals surface area (Å²) in [5, 5.41) is 4.34. The Bertz CT molecular complexity index is 77.3. The van der Waals surface area contributed by atoms with Crippen LogP contribution in [0, 0.1) is 0 Å². The number of rotatable bonds is 3. The summed E-state index contributed by atoms with van der Waals surface area (Å²) in [4.78, 5) is 2.44. The summed E-state index contributed by atoms with van der Waals surface area (Å²) >= 11 is 0. The van der Waals surface area contributed by atoms with Crippen LogP contribution in [0.25, 0.3) is 0 Å². The summed E-state index contributed by atoms with van der Waals surface area (Å²) in [5.74, 6) is 0. The summed E-state index contributed by atoms with van der Waals surface area (Å²) < 4.78 is 0. The quantitative estimate of drug-likeness (QED) is 0.574. The van der Waals surface area contributed by atoms with Crippen molar-refractivity contribution in [3.63, 3.8) is 0 Å². The number of unbranched alkanes of at least 4 members (excludes halogenated alkanes) is 1. The fourth-order valence-electron chi connectivity index (χ4n) is 1.25. The van der Waals surface area contributed by atoms with Gasteiger partial charge in [0, 0.05) is 13.1 Å². The van der Waals surface area contributed by atoms with Gasteiger partial charge in [0.15, 0.2) is 0 Å². The number of hydrogen-bond acceptors (Lipinski definition) is 1. The maximum Gasteiger partial charge on any atom is 0.0648 e. The van der Waals surface area contributed by atoms with E-state index in [4.69, 9.17) is 0 Å². The zero-order chi connectivity index (χ0) is 7.23. The molecule has 0 spiro atoms. The van der Waals surface area contributed by atoms with Crippen LogP contribution in [0.1, 0.15) is 26.2 Å². The van der Waals surface area contributed by atoms with Gasteiger partial charge in [-0.05, 0) is 19.4 Å². The Morgan fingerprint density at radius 3 is 3.00 bits per heavy atom. The second kappa shape index (κ2) is 4.69. The third kappa shape index (κ3) is 2.67. The standard InChI is InChI=1S/C8H17N2/c1-2-3-6-10-7-4-5-9-8-10/h2-8H2,1H3. The molecule has 0 atom stereocenters. The third-order valence-electron chi connectivity index (χ3n) is 1.92. The lowest BCUT2D eigenvalue weighted by Crippen LogP contribution is -2.38. The first-order valence-corrected chi connectivity index (χ1v) is 4.29. The minimum absolute atomic E-state index is 0.986. The molecule has 10 heavy (non-hydrogen) atoms. The third-order valence-corrected chi connectivity index (χ3v) is 1.92. The normalized spacial score (nSPS) is 21.3. The molecule has 0 N–H and O–H groups in total. The summed E-state index contributed by atoms with van der Waals surface area (Å²) in [7, 11) is 0. The molecule has 0 aromatic heterocycles. The first-order valence-electron chi connectivity index (χ1n) is 4.29. The molecule has 1 heterocycles. The topological polar surface area (TPSA) is 17.3 Å². The molecule has 0 amide bonds. The van der Waals surface area contributed by atoms with Crippen LogP contribution >= 0.6 is 0 Å². The fourth-order valence-corrected chi connectivity index (χ4v) is 1.25. The van der Waals surface area contributed by atoms with Gasteiger partial charge < -0.3 is 0 Å². The maximum absolute atomic E-state index is 4.34. The predicted octanol–water partition coefficient (Wildman–Crippen LogP) is 1.05. The highest BCUT2D eigenvalue weighted by molar-refractivity contribution is 4.62. The Morgan fingerprint density at radius 2 is 2.40 bits per heavy atom. The minimum Gasteiger partial charge on any atom is -0.289 e. The van der Waals surface area contributed by atoms with E-state index in [1.165, 1.54) is 32.4 Å². The first-order chi connectivity index (χ1) is 4.93. The Labute approximate surface area is 63.6 Å². The maximum atomic E-state index is 4.34. The SMILES string of the molecule is CCCCN1CCC[N]C1. The second-order valence-corrected chi connectivity index (χ2v) is 2.91. The molecule has 1 rings (SSSR count). The zero-order valence-electron chi connectivity index (χ0n) is 6.84. The van der Waals surface area contributed by atoms with Crippen LogP contribution in [-0.4, -0.2) is 31.2 Å². The molecule has 0 unspecified atom stereocenters. The molecule has 1 radical (unpaired) electrons. The van der Waals surface area contributed by atoms with E-state index in [1.54, 1.807) is 0 Å². The van der Waals surface area contributed by atoms with Crippen LogP contribution in [0.4, 0.5) is 0 Å². The minimum atomic E-state index is 0.986.